The van der Waals surface area contributed by atoms with Gasteiger partial charge in [0, 0.05) is 6.04 Å². The predicted molar refractivity (Wildman–Crippen MR) is 125 cm³/mol. The quantitative estimate of drug-likeness (QED) is 0.549. The van der Waals surface area contributed by atoms with Crippen molar-refractivity contribution in [1.29, 1.82) is 0 Å². The number of nitrogens with one attached hydrogen (secondary N) is 2. The SMILES string of the molecule is CC(C)[C@@H](C(=O)NC1CCCCC1)N(Cc1ccco1)C(=O)CNS(=O)(=O)c1ccccc1. The lowest BCUT2D eigenvalue weighted by atomic mass is 9.94. The van der Waals surface area contributed by atoms with Gasteiger partial charge < -0.3 is 14.6 Å². The summed E-state index contributed by atoms with van der Waals surface area (Å²) >= 11 is 0. The Hall–Kier alpha value is -2.65. The average Bonchev–Trinajstić information content (AvgIpc) is 3.31. The van der Waals surface area contributed by atoms with Crippen LogP contribution in [0.25, 0.3) is 0 Å². The van der Waals surface area contributed by atoms with Gasteiger partial charge in [0.25, 0.3) is 0 Å². The fraction of sp³-hybridized carbons (Fsp3) is 0.500. The van der Waals surface area contributed by atoms with E-state index in [0.29, 0.717) is 5.76 Å². The molecule has 0 radical (unpaired) electrons. The van der Waals surface area contributed by atoms with E-state index in [1.54, 1.807) is 30.3 Å². The zero-order valence-electron chi connectivity index (χ0n) is 19.2. The number of benzene rings is 1. The highest BCUT2D eigenvalue weighted by atomic mass is 32.2. The zero-order valence-corrected chi connectivity index (χ0v) is 20.0. The Morgan fingerprint density at radius 3 is 2.36 bits per heavy atom. The molecule has 1 fully saturated rings. The van der Waals surface area contributed by atoms with Crippen molar-refractivity contribution in [2.45, 2.75) is 69.5 Å². The number of hydrogen-bond donors (Lipinski definition) is 2. The predicted octanol–water partition coefficient (Wildman–Crippen LogP) is 3.06. The molecule has 8 nitrogen and oxygen atoms in total. The van der Waals surface area contributed by atoms with Crippen LogP contribution < -0.4 is 10.0 Å². The lowest BCUT2D eigenvalue weighted by molar-refractivity contribution is -0.142. The number of rotatable bonds is 10. The van der Waals surface area contributed by atoms with Gasteiger partial charge in [-0.2, -0.15) is 0 Å². The smallest absolute Gasteiger partial charge is 0.243 e. The van der Waals surface area contributed by atoms with E-state index < -0.39 is 28.5 Å². The molecule has 0 aliphatic heterocycles. The first kappa shape index (κ1) is 25.0. The number of amides is 2. The molecule has 180 valence electrons. The first-order valence-electron chi connectivity index (χ1n) is 11.4. The molecule has 2 N–H and O–H groups in total. The van der Waals surface area contributed by atoms with E-state index in [1.165, 1.54) is 29.7 Å². The summed E-state index contributed by atoms with van der Waals surface area (Å²) in [6.45, 7) is 3.36. The molecule has 33 heavy (non-hydrogen) atoms. The molecule has 1 heterocycles. The molecule has 1 aromatic heterocycles. The normalized spacial score (nSPS) is 15.8. The maximum Gasteiger partial charge on any atom is 0.243 e. The highest BCUT2D eigenvalue weighted by molar-refractivity contribution is 7.89. The second kappa shape index (κ2) is 11.5. The van der Waals surface area contributed by atoms with Gasteiger partial charge in [0.2, 0.25) is 21.8 Å². The molecule has 3 rings (SSSR count). The minimum absolute atomic E-state index is 0.0693. The Kier molecular flexibility index (Phi) is 8.68. The van der Waals surface area contributed by atoms with E-state index in [4.69, 9.17) is 4.42 Å². The Bertz CT molecular complexity index is 1000. The van der Waals surface area contributed by atoms with Gasteiger partial charge in [0.1, 0.15) is 11.8 Å². The maximum atomic E-state index is 13.3. The van der Waals surface area contributed by atoms with E-state index in [1.807, 2.05) is 13.8 Å². The van der Waals surface area contributed by atoms with E-state index >= 15 is 0 Å². The van der Waals surface area contributed by atoms with Gasteiger partial charge in [-0.1, -0.05) is 51.3 Å². The van der Waals surface area contributed by atoms with Crippen LogP contribution in [0.4, 0.5) is 0 Å². The Morgan fingerprint density at radius 2 is 1.76 bits per heavy atom. The van der Waals surface area contributed by atoms with Crippen LogP contribution in [0.3, 0.4) is 0 Å². The number of nitrogens with zero attached hydrogens (tertiary/aromatic N) is 1. The molecule has 9 heteroatoms. The standard InChI is InChI=1S/C24H33N3O5S/c1-18(2)23(24(29)26-19-10-5-3-6-11-19)27(17-20-12-9-15-32-20)22(28)16-25-33(30,31)21-13-7-4-8-14-21/h4,7-9,12-15,18-19,23,25H,3,5-6,10-11,16-17H2,1-2H3,(H,26,29)/t23-/m0/s1. The Morgan fingerprint density at radius 1 is 1.06 bits per heavy atom. The topological polar surface area (TPSA) is 109 Å². The zero-order chi connectivity index (χ0) is 23.8. The lowest BCUT2D eigenvalue weighted by Crippen LogP contribution is -2.55. The first-order chi connectivity index (χ1) is 15.8. The lowest BCUT2D eigenvalue weighted by Gasteiger charge is -2.35. The van der Waals surface area contributed by atoms with Crippen LogP contribution in [0.2, 0.25) is 0 Å². The van der Waals surface area contributed by atoms with Crippen LogP contribution in [0, 0.1) is 5.92 Å². The van der Waals surface area contributed by atoms with Gasteiger partial charge >= 0.3 is 0 Å². The highest BCUT2D eigenvalue weighted by Gasteiger charge is 2.34. The van der Waals surface area contributed by atoms with E-state index in [0.717, 1.165) is 25.7 Å². The van der Waals surface area contributed by atoms with Crippen LogP contribution >= 0.6 is 0 Å². The van der Waals surface area contributed by atoms with Crippen molar-refractivity contribution in [3.05, 3.63) is 54.5 Å². The number of sulfonamides is 1. The number of carbonyl (C=O) groups is 2. The summed E-state index contributed by atoms with van der Waals surface area (Å²) in [5.74, 6) is -0.380. The molecule has 1 aliphatic rings. The summed E-state index contributed by atoms with van der Waals surface area (Å²) in [4.78, 5) is 28.0. The van der Waals surface area contributed by atoms with E-state index in [2.05, 4.69) is 10.0 Å². The summed E-state index contributed by atoms with van der Waals surface area (Å²) in [5, 5.41) is 3.11. The Balaban J connectivity index is 1.77. The molecule has 0 bridgehead atoms. The van der Waals surface area contributed by atoms with Gasteiger partial charge in [-0.05, 0) is 43.0 Å². The molecular formula is C24H33N3O5S. The molecule has 1 saturated carbocycles. The fourth-order valence-electron chi connectivity index (χ4n) is 4.19. The van der Waals surface area contributed by atoms with E-state index in [9.17, 15) is 18.0 Å². The molecule has 2 aromatic rings. The molecule has 1 aromatic carbocycles. The van der Waals surface area contributed by atoms with Crippen LogP contribution in [0.15, 0.2) is 58.0 Å². The van der Waals surface area contributed by atoms with Gasteiger partial charge in [0.15, 0.2) is 0 Å². The van der Waals surface area contributed by atoms with Crippen molar-refractivity contribution in [2.75, 3.05) is 6.54 Å². The summed E-state index contributed by atoms with van der Waals surface area (Å²) in [6, 6.07) is 10.6. The molecule has 0 saturated heterocycles. The van der Waals surface area contributed by atoms with Crippen LogP contribution in [-0.4, -0.2) is 43.8 Å². The third kappa shape index (κ3) is 6.91. The van der Waals surface area contributed by atoms with Crippen molar-refractivity contribution < 1.29 is 22.4 Å². The second-order valence-corrected chi connectivity index (χ2v) is 10.5. The summed E-state index contributed by atoms with van der Waals surface area (Å²) in [5.41, 5.74) is 0. The summed E-state index contributed by atoms with van der Waals surface area (Å²) in [7, 11) is -3.86. The number of hydrogen-bond acceptors (Lipinski definition) is 5. The van der Waals surface area contributed by atoms with Crippen LogP contribution in [-0.2, 0) is 26.2 Å². The summed E-state index contributed by atoms with van der Waals surface area (Å²) in [6.07, 6.45) is 6.69. The number of furan rings is 1. The average molecular weight is 476 g/mol. The van der Waals surface area contributed by atoms with Gasteiger partial charge in [-0.25, -0.2) is 13.1 Å². The van der Waals surface area contributed by atoms with Crippen molar-refractivity contribution in [3.63, 3.8) is 0 Å². The molecule has 0 spiro atoms. The Labute approximate surface area is 195 Å². The first-order valence-corrected chi connectivity index (χ1v) is 12.9. The molecule has 1 aliphatic carbocycles. The summed E-state index contributed by atoms with van der Waals surface area (Å²) < 4.78 is 33.0. The van der Waals surface area contributed by atoms with Crippen LogP contribution in [0.5, 0.6) is 0 Å². The second-order valence-electron chi connectivity index (χ2n) is 8.77. The van der Waals surface area contributed by atoms with Gasteiger partial charge in [-0.3, -0.25) is 9.59 Å². The van der Waals surface area contributed by atoms with Crippen molar-refractivity contribution in [2.24, 2.45) is 5.92 Å². The monoisotopic (exact) mass is 475 g/mol. The van der Waals surface area contributed by atoms with E-state index in [-0.39, 0.29) is 29.3 Å². The van der Waals surface area contributed by atoms with Crippen molar-refractivity contribution >= 4 is 21.8 Å². The largest absolute Gasteiger partial charge is 0.467 e. The highest BCUT2D eigenvalue weighted by Crippen LogP contribution is 2.20. The molecular weight excluding hydrogens is 442 g/mol. The fourth-order valence-corrected chi connectivity index (χ4v) is 5.19. The van der Waals surface area contributed by atoms with Crippen molar-refractivity contribution in [1.82, 2.24) is 14.9 Å². The molecule has 1 atom stereocenters. The van der Waals surface area contributed by atoms with Crippen LogP contribution in [0.1, 0.15) is 51.7 Å². The van der Waals surface area contributed by atoms with Crippen molar-refractivity contribution in [3.8, 4) is 0 Å². The molecule has 2 amide bonds. The van der Waals surface area contributed by atoms with Gasteiger partial charge in [-0.15, -0.1) is 0 Å². The third-order valence-corrected chi connectivity index (χ3v) is 7.30. The third-order valence-electron chi connectivity index (χ3n) is 5.88. The minimum atomic E-state index is -3.86. The molecule has 0 unspecified atom stereocenters. The van der Waals surface area contributed by atoms with Gasteiger partial charge in [0.05, 0.1) is 24.2 Å². The maximum absolute atomic E-state index is 13.3. The number of carbonyl (C=O) groups excluding carboxylic acids is 2. The minimum Gasteiger partial charge on any atom is -0.467 e.